The minimum atomic E-state index is 0.0605. The lowest BCUT2D eigenvalue weighted by Gasteiger charge is -2.12. The van der Waals surface area contributed by atoms with E-state index in [1.807, 2.05) is 61.5 Å². The van der Waals surface area contributed by atoms with Crippen LogP contribution in [0.5, 0.6) is 5.75 Å². The van der Waals surface area contributed by atoms with Crippen LogP contribution in [0.4, 0.5) is 0 Å². The van der Waals surface area contributed by atoms with E-state index in [1.165, 1.54) is 5.56 Å². The number of hydrogen-bond donors (Lipinski definition) is 1. The summed E-state index contributed by atoms with van der Waals surface area (Å²) in [5, 5.41) is 3.06. The summed E-state index contributed by atoms with van der Waals surface area (Å²) in [6.07, 6.45) is 3.07. The van der Waals surface area contributed by atoms with E-state index >= 15 is 0 Å². The number of ether oxygens (including phenoxy) is 1. The van der Waals surface area contributed by atoms with Gasteiger partial charge in [-0.25, -0.2) is 4.98 Å². The molecule has 1 N–H and O–H groups in total. The van der Waals surface area contributed by atoms with Gasteiger partial charge in [0.2, 0.25) is 5.91 Å². The Morgan fingerprint density at radius 3 is 2.56 bits per heavy atom. The van der Waals surface area contributed by atoms with Crippen LogP contribution >= 0.6 is 0 Å². The van der Waals surface area contributed by atoms with Gasteiger partial charge >= 0.3 is 0 Å². The molecule has 0 radical (unpaired) electrons. The first kappa shape index (κ1) is 23.6. The number of carbonyl (C=O) groups excluding carboxylic acids is 1. The standard InChI is InChI=1S/C29H33N3O2/c1-3-23-14-16-25(17-15-23)34-20-19-32-27-12-7-6-11-26(27)31-28(32)13-8-18-30-29(33)21-24-10-5-4-9-22(24)2/h4-7,9-12,14-17H,3,8,13,18-21H2,1-2H3,(H,30,33). The Morgan fingerprint density at radius 2 is 1.76 bits per heavy atom. The van der Waals surface area contributed by atoms with Gasteiger partial charge in [0.15, 0.2) is 0 Å². The number of para-hydroxylation sites is 2. The van der Waals surface area contributed by atoms with Crippen molar-refractivity contribution in [3.8, 4) is 5.75 Å². The first-order valence-electron chi connectivity index (χ1n) is 12.1. The molecule has 1 aromatic heterocycles. The minimum absolute atomic E-state index is 0.0605. The van der Waals surface area contributed by atoms with Crippen molar-refractivity contribution >= 4 is 16.9 Å². The molecule has 1 amide bonds. The molecule has 5 heteroatoms. The van der Waals surface area contributed by atoms with Gasteiger partial charge in [-0.05, 0) is 60.7 Å². The molecule has 34 heavy (non-hydrogen) atoms. The van der Waals surface area contributed by atoms with E-state index in [2.05, 4.69) is 35.0 Å². The van der Waals surface area contributed by atoms with Crippen LogP contribution in [0.3, 0.4) is 0 Å². The van der Waals surface area contributed by atoms with Gasteiger partial charge in [0.1, 0.15) is 18.2 Å². The van der Waals surface area contributed by atoms with Gasteiger partial charge in [-0.1, -0.05) is 55.5 Å². The molecule has 176 valence electrons. The first-order valence-corrected chi connectivity index (χ1v) is 12.1. The van der Waals surface area contributed by atoms with Crippen LogP contribution in [0, 0.1) is 6.92 Å². The highest BCUT2D eigenvalue weighted by Crippen LogP contribution is 2.18. The fourth-order valence-corrected chi connectivity index (χ4v) is 4.16. The van der Waals surface area contributed by atoms with E-state index in [4.69, 9.17) is 9.72 Å². The summed E-state index contributed by atoms with van der Waals surface area (Å²) in [6.45, 7) is 6.12. The van der Waals surface area contributed by atoms with Gasteiger partial charge in [-0.2, -0.15) is 0 Å². The highest BCUT2D eigenvalue weighted by atomic mass is 16.5. The maximum Gasteiger partial charge on any atom is 0.224 e. The molecule has 4 aromatic rings. The summed E-state index contributed by atoms with van der Waals surface area (Å²) in [5.41, 5.74) is 5.64. The van der Waals surface area contributed by atoms with E-state index in [0.29, 0.717) is 19.6 Å². The summed E-state index contributed by atoms with van der Waals surface area (Å²) in [4.78, 5) is 17.2. The molecular weight excluding hydrogens is 422 g/mol. The molecule has 0 aliphatic heterocycles. The Balaban J connectivity index is 1.32. The zero-order chi connectivity index (χ0) is 23.8. The summed E-state index contributed by atoms with van der Waals surface area (Å²) >= 11 is 0. The molecule has 0 fully saturated rings. The number of benzene rings is 3. The van der Waals surface area contributed by atoms with Crippen molar-refractivity contribution in [2.24, 2.45) is 0 Å². The SMILES string of the molecule is CCc1ccc(OCCn2c(CCCNC(=O)Cc3ccccc3C)nc3ccccc32)cc1. The summed E-state index contributed by atoms with van der Waals surface area (Å²) in [7, 11) is 0. The number of rotatable bonds is 11. The zero-order valence-corrected chi connectivity index (χ0v) is 20.1. The number of fused-ring (bicyclic) bond motifs is 1. The van der Waals surface area contributed by atoms with Gasteiger partial charge in [-0.15, -0.1) is 0 Å². The summed E-state index contributed by atoms with van der Waals surface area (Å²) in [6, 6.07) is 24.5. The third-order valence-electron chi connectivity index (χ3n) is 6.16. The molecule has 5 nitrogen and oxygen atoms in total. The second-order valence-corrected chi connectivity index (χ2v) is 8.57. The average molecular weight is 456 g/mol. The van der Waals surface area contributed by atoms with E-state index in [0.717, 1.165) is 59.5 Å². The summed E-state index contributed by atoms with van der Waals surface area (Å²) in [5.74, 6) is 1.98. The molecule has 4 rings (SSSR count). The predicted octanol–water partition coefficient (Wildman–Crippen LogP) is 5.28. The fraction of sp³-hybridized carbons (Fsp3) is 0.310. The van der Waals surface area contributed by atoms with Gasteiger partial charge in [0.05, 0.1) is 24.0 Å². The number of aromatic nitrogens is 2. The van der Waals surface area contributed by atoms with E-state index in [-0.39, 0.29) is 5.91 Å². The van der Waals surface area contributed by atoms with Crippen LogP contribution in [-0.2, 0) is 30.6 Å². The van der Waals surface area contributed by atoms with E-state index in [1.54, 1.807) is 0 Å². The lowest BCUT2D eigenvalue weighted by molar-refractivity contribution is -0.120. The van der Waals surface area contributed by atoms with Crippen molar-refractivity contribution in [1.82, 2.24) is 14.9 Å². The van der Waals surface area contributed by atoms with Crippen molar-refractivity contribution in [3.63, 3.8) is 0 Å². The molecule has 3 aromatic carbocycles. The number of nitrogens with zero attached hydrogens (tertiary/aromatic N) is 2. The Kier molecular flexibility index (Phi) is 7.97. The van der Waals surface area contributed by atoms with Crippen molar-refractivity contribution in [3.05, 3.63) is 95.3 Å². The normalized spacial score (nSPS) is 11.0. The second kappa shape index (κ2) is 11.5. The Morgan fingerprint density at radius 1 is 1.00 bits per heavy atom. The lowest BCUT2D eigenvalue weighted by Crippen LogP contribution is -2.26. The fourth-order valence-electron chi connectivity index (χ4n) is 4.16. The average Bonchev–Trinajstić information content (AvgIpc) is 3.21. The van der Waals surface area contributed by atoms with Gasteiger partial charge in [-0.3, -0.25) is 4.79 Å². The van der Waals surface area contributed by atoms with Crippen LogP contribution < -0.4 is 10.1 Å². The number of carbonyl (C=O) groups is 1. The monoisotopic (exact) mass is 455 g/mol. The van der Waals surface area contributed by atoms with Crippen molar-refractivity contribution < 1.29 is 9.53 Å². The molecular formula is C29H33N3O2. The molecule has 0 aliphatic rings. The van der Waals surface area contributed by atoms with Crippen LogP contribution in [0.15, 0.2) is 72.8 Å². The molecule has 0 aliphatic carbocycles. The van der Waals surface area contributed by atoms with E-state index < -0.39 is 0 Å². The molecule has 0 spiro atoms. The number of aryl methyl sites for hydroxylation is 3. The highest BCUT2D eigenvalue weighted by Gasteiger charge is 2.11. The van der Waals surface area contributed by atoms with Crippen molar-refractivity contribution in [2.45, 2.75) is 46.1 Å². The molecule has 0 saturated carbocycles. The molecule has 0 atom stereocenters. The predicted molar refractivity (Wildman–Crippen MR) is 137 cm³/mol. The van der Waals surface area contributed by atoms with Crippen molar-refractivity contribution in [1.29, 1.82) is 0 Å². The first-order chi connectivity index (χ1) is 16.6. The van der Waals surface area contributed by atoms with Crippen molar-refractivity contribution in [2.75, 3.05) is 13.2 Å². The summed E-state index contributed by atoms with van der Waals surface area (Å²) < 4.78 is 8.24. The van der Waals surface area contributed by atoms with Crippen LogP contribution in [0.1, 0.15) is 35.9 Å². The van der Waals surface area contributed by atoms with Crippen LogP contribution in [0.2, 0.25) is 0 Å². The van der Waals surface area contributed by atoms with Gasteiger partial charge in [0.25, 0.3) is 0 Å². The molecule has 0 saturated heterocycles. The second-order valence-electron chi connectivity index (χ2n) is 8.57. The quantitative estimate of drug-likeness (QED) is 0.313. The maximum atomic E-state index is 12.4. The van der Waals surface area contributed by atoms with Gasteiger partial charge < -0.3 is 14.6 Å². The lowest BCUT2D eigenvalue weighted by atomic mass is 10.1. The smallest absolute Gasteiger partial charge is 0.224 e. The highest BCUT2D eigenvalue weighted by molar-refractivity contribution is 5.79. The Labute approximate surface area is 201 Å². The number of nitrogens with one attached hydrogen (secondary N) is 1. The van der Waals surface area contributed by atoms with Crippen LogP contribution in [-0.4, -0.2) is 28.6 Å². The largest absolute Gasteiger partial charge is 0.492 e. The Bertz CT molecular complexity index is 1230. The van der Waals surface area contributed by atoms with Crippen LogP contribution in [0.25, 0.3) is 11.0 Å². The number of imidazole rings is 1. The maximum absolute atomic E-state index is 12.4. The van der Waals surface area contributed by atoms with Gasteiger partial charge in [0, 0.05) is 13.0 Å². The third-order valence-corrected chi connectivity index (χ3v) is 6.16. The Hall–Kier alpha value is -3.60. The molecule has 0 bridgehead atoms. The third kappa shape index (κ3) is 6.04. The molecule has 1 heterocycles. The van der Waals surface area contributed by atoms with E-state index in [9.17, 15) is 4.79 Å². The zero-order valence-electron chi connectivity index (χ0n) is 20.1. The minimum Gasteiger partial charge on any atom is -0.492 e. The number of amides is 1. The number of hydrogen-bond acceptors (Lipinski definition) is 3. The topological polar surface area (TPSA) is 56.1 Å². The molecule has 0 unspecified atom stereocenters.